The molecular weight excluding hydrogens is 375 g/mol. The van der Waals surface area contributed by atoms with Crippen LogP contribution in [-0.4, -0.2) is 50.4 Å². The van der Waals surface area contributed by atoms with Crippen LogP contribution >= 0.6 is 24.8 Å². The molecule has 1 saturated heterocycles. The van der Waals surface area contributed by atoms with Crippen molar-refractivity contribution in [2.45, 2.75) is 25.7 Å². The van der Waals surface area contributed by atoms with E-state index in [0.29, 0.717) is 18.8 Å². The average molecular weight is 405 g/mol. The normalized spacial score (nSPS) is 15.7. The number of anilines is 2. The molecule has 1 aliphatic rings. The summed E-state index contributed by atoms with van der Waals surface area (Å²) in [6, 6.07) is 7.25. The van der Waals surface area contributed by atoms with E-state index in [2.05, 4.69) is 16.0 Å². The van der Waals surface area contributed by atoms with Crippen molar-refractivity contribution in [3.8, 4) is 0 Å². The Morgan fingerprint density at radius 3 is 2.04 bits per heavy atom. The van der Waals surface area contributed by atoms with Gasteiger partial charge in [0, 0.05) is 30.8 Å². The van der Waals surface area contributed by atoms with E-state index >= 15 is 0 Å². The molecule has 26 heavy (non-hydrogen) atoms. The van der Waals surface area contributed by atoms with Crippen molar-refractivity contribution in [3.05, 3.63) is 24.3 Å². The summed E-state index contributed by atoms with van der Waals surface area (Å²) >= 11 is 0. The minimum Gasteiger partial charge on any atom is -0.326 e. The lowest BCUT2D eigenvalue weighted by atomic mass is 10.0. The van der Waals surface area contributed by atoms with Crippen LogP contribution in [0.25, 0.3) is 0 Å². The summed E-state index contributed by atoms with van der Waals surface area (Å²) in [7, 11) is 3.88. The predicted molar refractivity (Wildman–Crippen MR) is 112 cm³/mol. The van der Waals surface area contributed by atoms with Crippen molar-refractivity contribution in [2.75, 3.05) is 44.4 Å². The van der Waals surface area contributed by atoms with Gasteiger partial charge in [-0.3, -0.25) is 9.59 Å². The maximum Gasteiger partial charge on any atom is 0.225 e. The molecule has 1 aliphatic heterocycles. The summed E-state index contributed by atoms with van der Waals surface area (Å²) in [5.41, 5.74) is 1.50. The summed E-state index contributed by atoms with van der Waals surface area (Å²) in [5.74, 6) is 0.658. The van der Waals surface area contributed by atoms with Crippen molar-refractivity contribution in [2.24, 2.45) is 5.92 Å². The lowest BCUT2D eigenvalue weighted by Crippen LogP contribution is -2.20. The first-order valence-corrected chi connectivity index (χ1v) is 8.58. The van der Waals surface area contributed by atoms with Crippen LogP contribution in [0.15, 0.2) is 24.3 Å². The molecule has 0 radical (unpaired) electrons. The quantitative estimate of drug-likeness (QED) is 0.622. The molecule has 1 atom stereocenters. The van der Waals surface area contributed by atoms with Crippen LogP contribution < -0.4 is 16.0 Å². The van der Waals surface area contributed by atoms with Gasteiger partial charge < -0.3 is 20.9 Å². The number of nitrogens with one attached hydrogen (secondary N) is 3. The van der Waals surface area contributed by atoms with E-state index in [1.165, 1.54) is 0 Å². The maximum atomic E-state index is 12.0. The Balaban J connectivity index is 0.00000312. The molecule has 0 aliphatic carbocycles. The molecule has 1 heterocycles. The first kappa shape index (κ1) is 24.7. The summed E-state index contributed by atoms with van der Waals surface area (Å²) < 4.78 is 0. The van der Waals surface area contributed by atoms with Crippen molar-refractivity contribution in [3.63, 3.8) is 0 Å². The van der Waals surface area contributed by atoms with Gasteiger partial charge >= 0.3 is 0 Å². The van der Waals surface area contributed by atoms with Crippen LogP contribution in [0, 0.1) is 5.92 Å². The van der Waals surface area contributed by atoms with E-state index in [-0.39, 0.29) is 36.6 Å². The average Bonchev–Trinajstić information content (AvgIpc) is 3.06. The Labute approximate surface area is 168 Å². The Morgan fingerprint density at radius 2 is 1.58 bits per heavy atom. The SMILES string of the molecule is CN(C)CCC(=O)Nc1ccc(NC(=O)CCC2CCNC2)cc1.Cl.Cl. The third kappa shape index (κ3) is 9.38. The zero-order valence-corrected chi connectivity index (χ0v) is 17.0. The minimum atomic E-state index is -0.00865. The predicted octanol–water partition coefficient (Wildman–Crippen LogP) is 2.75. The molecule has 0 aromatic heterocycles. The second kappa shape index (κ2) is 12.9. The highest BCUT2D eigenvalue weighted by Gasteiger charge is 2.15. The number of carbonyl (C=O) groups excluding carboxylic acids is 2. The molecule has 8 heteroatoms. The van der Waals surface area contributed by atoms with Gasteiger partial charge in [-0.05, 0) is 70.2 Å². The fourth-order valence-electron chi connectivity index (χ4n) is 2.71. The summed E-state index contributed by atoms with van der Waals surface area (Å²) in [5, 5.41) is 9.08. The highest BCUT2D eigenvalue weighted by Crippen LogP contribution is 2.17. The highest BCUT2D eigenvalue weighted by atomic mass is 35.5. The molecule has 1 fully saturated rings. The molecule has 0 saturated carbocycles. The van der Waals surface area contributed by atoms with Crippen LogP contribution in [-0.2, 0) is 9.59 Å². The molecule has 1 aromatic carbocycles. The number of rotatable bonds is 8. The van der Waals surface area contributed by atoms with Gasteiger partial charge in [-0.25, -0.2) is 0 Å². The van der Waals surface area contributed by atoms with Gasteiger partial charge in [0.15, 0.2) is 0 Å². The van der Waals surface area contributed by atoms with Crippen LogP contribution in [0.2, 0.25) is 0 Å². The van der Waals surface area contributed by atoms with Gasteiger partial charge in [0.1, 0.15) is 0 Å². The van der Waals surface area contributed by atoms with Gasteiger partial charge in [0.05, 0.1) is 0 Å². The van der Waals surface area contributed by atoms with Crippen molar-refractivity contribution in [1.82, 2.24) is 10.2 Å². The van der Waals surface area contributed by atoms with Crippen molar-refractivity contribution < 1.29 is 9.59 Å². The standard InChI is InChI=1S/C18H28N4O2.2ClH/c1-22(2)12-10-18(24)21-16-6-4-15(5-7-16)20-17(23)8-3-14-9-11-19-13-14;;/h4-7,14,19H,3,8-13H2,1-2H3,(H,20,23)(H,21,24);2*1H. The first-order valence-electron chi connectivity index (χ1n) is 8.58. The molecule has 1 aromatic rings. The monoisotopic (exact) mass is 404 g/mol. The third-order valence-corrected chi connectivity index (χ3v) is 4.18. The van der Waals surface area contributed by atoms with Gasteiger partial charge in [0.2, 0.25) is 11.8 Å². The molecular formula is C18H30Cl2N4O2. The molecule has 3 N–H and O–H groups in total. The molecule has 0 bridgehead atoms. The number of nitrogens with zero attached hydrogens (tertiary/aromatic N) is 1. The van der Waals surface area contributed by atoms with Gasteiger partial charge in [-0.2, -0.15) is 0 Å². The van der Waals surface area contributed by atoms with Gasteiger partial charge in [-0.15, -0.1) is 24.8 Å². The van der Waals surface area contributed by atoms with E-state index in [0.717, 1.165) is 43.9 Å². The lowest BCUT2D eigenvalue weighted by Gasteiger charge is -2.11. The number of benzene rings is 1. The van der Waals surface area contributed by atoms with E-state index in [1.54, 1.807) is 0 Å². The fraction of sp³-hybridized carbons (Fsp3) is 0.556. The number of amides is 2. The van der Waals surface area contributed by atoms with Crippen molar-refractivity contribution >= 4 is 48.0 Å². The zero-order valence-electron chi connectivity index (χ0n) is 15.4. The largest absolute Gasteiger partial charge is 0.326 e. The minimum absolute atomic E-state index is 0. The Hall–Kier alpha value is -1.34. The number of halogens is 2. The van der Waals surface area contributed by atoms with Gasteiger partial charge in [0.25, 0.3) is 0 Å². The molecule has 2 rings (SSSR count). The summed E-state index contributed by atoms with van der Waals surface area (Å²) in [4.78, 5) is 25.7. The lowest BCUT2D eigenvalue weighted by molar-refractivity contribution is -0.117. The van der Waals surface area contributed by atoms with E-state index < -0.39 is 0 Å². The van der Waals surface area contributed by atoms with Crippen LogP contribution in [0.1, 0.15) is 25.7 Å². The summed E-state index contributed by atoms with van der Waals surface area (Å²) in [6.45, 7) is 2.81. The van der Waals surface area contributed by atoms with Crippen molar-refractivity contribution in [1.29, 1.82) is 0 Å². The molecule has 6 nitrogen and oxygen atoms in total. The topological polar surface area (TPSA) is 73.5 Å². The third-order valence-electron chi connectivity index (χ3n) is 4.18. The fourth-order valence-corrected chi connectivity index (χ4v) is 2.71. The van der Waals surface area contributed by atoms with Crippen LogP contribution in [0.4, 0.5) is 11.4 Å². The molecule has 0 spiro atoms. The summed E-state index contributed by atoms with van der Waals surface area (Å²) in [6.07, 6.45) is 3.10. The first-order chi connectivity index (χ1) is 11.5. The molecule has 148 valence electrons. The van der Waals surface area contributed by atoms with Gasteiger partial charge in [-0.1, -0.05) is 0 Å². The maximum absolute atomic E-state index is 12.0. The zero-order chi connectivity index (χ0) is 17.4. The van der Waals surface area contributed by atoms with E-state index in [1.807, 2.05) is 43.3 Å². The van der Waals surface area contributed by atoms with Crippen LogP contribution in [0.5, 0.6) is 0 Å². The molecule has 1 unspecified atom stereocenters. The van der Waals surface area contributed by atoms with E-state index in [4.69, 9.17) is 0 Å². The Morgan fingerprint density at radius 1 is 1.04 bits per heavy atom. The second-order valence-electron chi connectivity index (χ2n) is 6.62. The smallest absolute Gasteiger partial charge is 0.225 e. The Bertz CT molecular complexity index is 547. The second-order valence-corrected chi connectivity index (χ2v) is 6.62. The van der Waals surface area contributed by atoms with E-state index in [9.17, 15) is 9.59 Å². The Kier molecular flexibility index (Phi) is 12.3. The van der Waals surface area contributed by atoms with Crippen LogP contribution in [0.3, 0.4) is 0 Å². The number of hydrogen-bond acceptors (Lipinski definition) is 4. The number of carbonyl (C=O) groups is 2. The number of hydrogen-bond donors (Lipinski definition) is 3. The highest BCUT2D eigenvalue weighted by molar-refractivity contribution is 5.93. The molecule has 2 amide bonds.